The van der Waals surface area contributed by atoms with E-state index in [9.17, 15) is 9.59 Å². The van der Waals surface area contributed by atoms with Gasteiger partial charge in [0.2, 0.25) is 5.91 Å². The second kappa shape index (κ2) is 3.81. The third-order valence-electron chi connectivity index (χ3n) is 2.28. The lowest BCUT2D eigenvalue weighted by atomic mass is 10.4. The number of hydrogen-bond donors (Lipinski definition) is 1. The zero-order valence-electron chi connectivity index (χ0n) is 8.29. The SMILES string of the molecule is CC(=O)NC(=O)c1cc(Br)cn1C1CC1. The third-order valence-corrected chi connectivity index (χ3v) is 2.71. The molecule has 4 nitrogen and oxygen atoms in total. The third kappa shape index (κ3) is 2.28. The molecule has 1 aromatic rings. The van der Waals surface area contributed by atoms with Gasteiger partial charge in [-0.1, -0.05) is 0 Å². The van der Waals surface area contributed by atoms with Crippen molar-refractivity contribution < 1.29 is 9.59 Å². The van der Waals surface area contributed by atoms with E-state index in [1.54, 1.807) is 6.07 Å². The summed E-state index contributed by atoms with van der Waals surface area (Å²) in [4.78, 5) is 22.4. The van der Waals surface area contributed by atoms with Crippen molar-refractivity contribution in [1.29, 1.82) is 0 Å². The minimum Gasteiger partial charge on any atom is -0.339 e. The van der Waals surface area contributed by atoms with Crippen LogP contribution in [0.5, 0.6) is 0 Å². The number of carbonyl (C=O) groups is 2. The first kappa shape index (κ1) is 10.4. The standard InChI is InChI=1S/C10H11BrN2O2/c1-6(14)12-10(15)9-4-7(11)5-13(9)8-2-3-8/h4-5,8H,2-3H2,1H3,(H,12,14,15). The van der Waals surface area contributed by atoms with E-state index < -0.39 is 0 Å². The van der Waals surface area contributed by atoms with Crippen molar-refractivity contribution in [3.05, 3.63) is 22.4 Å². The van der Waals surface area contributed by atoms with E-state index in [2.05, 4.69) is 21.2 Å². The van der Waals surface area contributed by atoms with Gasteiger partial charge in [0.05, 0.1) is 0 Å². The van der Waals surface area contributed by atoms with Crippen LogP contribution in [0.4, 0.5) is 0 Å². The lowest BCUT2D eigenvalue weighted by Crippen LogP contribution is -2.29. The second-order valence-corrected chi connectivity index (χ2v) is 4.61. The van der Waals surface area contributed by atoms with Crippen LogP contribution in [0.25, 0.3) is 0 Å². The lowest BCUT2D eigenvalue weighted by Gasteiger charge is -2.05. The summed E-state index contributed by atoms with van der Waals surface area (Å²) >= 11 is 3.33. The van der Waals surface area contributed by atoms with Crippen molar-refractivity contribution in [3.8, 4) is 0 Å². The molecule has 5 heteroatoms. The maximum atomic E-state index is 11.6. The molecule has 0 bridgehead atoms. The molecule has 80 valence electrons. The van der Waals surface area contributed by atoms with Gasteiger partial charge in [0, 0.05) is 23.6 Å². The summed E-state index contributed by atoms with van der Waals surface area (Å²) in [6.45, 7) is 1.33. The fourth-order valence-electron chi connectivity index (χ4n) is 1.51. The van der Waals surface area contributed by atoms with Gasteiger partial charge in [-0.15, -0.1) is 0 Å². The van der Waals surface area contributed by atoms with E-state index in [0.29, 0.717) is 11.7 Å². The molecule has 0 atom stereocenters. The molecule has 15 heavy (non-hydrogen) atoms. The first-order valence-corrected chi connectivity index (χ1v) is 5.56. The van der Waals surface area contributed by atoms with E-state index in [4.69, 9.17) is 0 Å². The number of halogens is 1. The molecule has 1 aromatic heterocycles. The summed E-state index contributed by atoms with van der Waals surface area (Å²) in [7, 11) is 0. The normalized spacial score (nSPS) is 15.1. The van der Waals surface area contributed by atoms with Crippen molar-refractivity contribution >= 4 is 27.7 Å². The van der Waals surface area contributed by atoms with Crippen LogP contribution in [0.2, 0.25) is 0 Å². The minimum atomic E-state index is -0.334. The Morgan fingerprint density at radius 3 is 2.73 bits per heavy atom. The van der Waals surface area contributed by atoms with Gasteiger partial charge in [-0.3, -0.25) is 14.9 Å². The molecular weight excluding hydrogens is 260 g/mol. The molecule has 1 saturated carbocycles. The molecule has 2 amide bonds. The van der Waals surface area contributed by atoms with E-state index in [-0.39, 0.29) is 11.8 Å². The Morgan fingerprint density at radius 2 is 2.20 bits per heavy atom. The summed E-state index contributed by atoms with van der Waals surface area (Å²) in [6, 6.07) is 2.15. The fourth-order valence-corrected chi connectivity index (χ4v) is 1.94. The van der Waals surface area contributed by atoms with E-state index in [1.165, 1.54) is 6.92 Å². The van der Waals surface area contributed by atoms with E-state index in [1.807, 2.05) is 10.8 Å². The number of rotatable bonds is 2. The summed E-state index contributed by atoms with van der Waals surface area (Å²) in [5.41, 5.74) is 0.541. The molecule has 0 aromatic carbocycles. The second-order valence-electron chi connectivity index (χ2n) is 3.69. The maximum absolute atomic E-state index is 11.6. The van der Waals surface area contributed by atoms with Crippen molar-refractivity contribution in [3.63, 3.8) is 0 Å². The maximum Gasteiger partial charge on any atom is 0.274 e. The van der Waals surface area contributed by atoms with Crippen LogP contribution in [-0.4, -0.2) is 16.4 Å². The number of hydrogen-bond acceptors (Lipinski definition) is 2. The summed E-state index contributed by atoms with van der Waals surface area (Å²) in [5.74, 6) is -0.667. The van der Waals surface area contributed by atoms with Crippen molar-refractivity contribution in [2.24, 2.45) is 0 Å². The summed E-state index contributed by atoms with van der Waals surface area (Å²) < 4.78 is 2.78. The fraction of sp³-hybridized carbons (Fsp3) is 0.400. The number of nitrogens with one attached hydrogen (secondary N) is 1. The van der Waals surface area contributed by atoms with Gasteiger partial charge in [0.1, 0.15) is 5.69 Å². The zero-order chi connectivity index (χ0) is 11.0. The Bertz CT molecular complexity index is 421. The van der Waals surface area contributed by atoms with Crippen LogP contribution in [0.3, 0.4) is 0 Å². The number of aromatic nitrogens is 1. The molecule has 1 aliphatic carbocycles. The molecule has 1 N–H and O–H groups in total. The van der Waals surface area contributed by atoms with Crippen molar-refractivity contribution in [2.45, 2.75) is 25.8 Å². The first-order valence-electron chi connectivity index (χ1n) is 4.77. The Hall–Kier alpha value is -1.10. The van der Waals surface area contributed by atoms with Crippen LogP contribution in [0, 0.1) is 0 Å². The topological polar surface area (TPSA) is 51.1 Å². The van der Waals surface area contributed by atoms with Crippen LogP contribution >= 0.6 is 15.9 Å². The van der Waals surface area contributed by atoms with Crippen LogP contribution in [-0.2, 0) is 4.79 Å². The minimum absolute atomic E-state index is 0.333. The highest BCUT2D eigenvalue weighted by Crippen LogP contribution is 2.37. The first-order chi connectivity index (χ1) is 7.08. The van der Waals surface area contributed by atoms with Gasteiger partial charge in [0.25, 0.3) is 5.91 Å². The molecule has 0 aliphatic heterocycles. The number of imide groups is 1. The molecule has 0 spiro atoms. The van der Waals surface area contributed by atoms with Crippen LogP contribution < -0.4 is 5.32 Å². The summed E-state index contributed by atoms with van der Waals surface area (Å²) in [6.07, 6.45) is 4.08. The number of nitrogens with zero attached hydrogens (tertiary/aromatic N) is 1. The molecule has 1 aliphatic rings. The van der Waals surface area contributed by atoms with Gasteiger partial charge in [-0.05, 0) is 34.8 Å². The van der Waals surface area contributed by atoms with Gasteiger partial charge >= 0.3 is 0 Å². The van der Waals surface area contributed by atoms with Gasteiger partial charge in [0.15, 0.2) is 0 Å². The zero-order valence-corrected chi connectivity index (χ0v) is 9.87. The van der Waals surface area contributed by atoms with Crippen LogP contribution in [0.15, 0.2) is 16.7 Å². The van der Waals surface area contributed by atoms with Gasteiger partial charge in [-0.25, -0.2) is 0 Å². The van der Waals surface area contributed by atoms with Gasteiger partial charge in [-0.2, -0.15) is 0 Å². The van der Waals surface area contributed by atoms with Crippen LogP contribution in [0.1, 0.15) is 36.3 Å². The Kier molecular flexibility index (Phi) is 2.65. The number of carbonyl (C=O) groups excluding carboxylic acids is 2. The highest BCUT2D eigenvalue weighted by atomic mass is 79.9. The lowest BCUT2D eigenvalue weighted by molar-refractivity contribution is -0.118. The molecule has 0 unspecified atom stereocenters. The molecule has 0 radical (unpaired) electrons. The van der Waals surface area contributed by atoms with E-state index >= 15 is 0 Å². The smallest absolute Gasteiger partial charge is 0.274 e. The largest absolute Gasteiger partial charge is 0.339 e. The predicted molar refractivity (Wildman–Crippen MR) is 58.6 cm³/mol. The van der Waals surface area contributed by atoms with Crippen molar-refractivity contribution in [2.75, 3.05) is 0 Å². The highest BCUT2D eigenvalue weighted by Gasteiger charge is 2.27. The monoisotopic (exact) mass is 270 g/mol. The number of amides is 2. The molecule has 1 fully saturated rings. The van der Waals surface area contributed by atoms with E-state index in [0.717, 1.165) is 17.3 Å². The summed E-state index contributed by atoms with van der Waals surface area (Å²) in [5, 5.41) is 2.28. The molecule has 1 heterocycles. The molecule has 0 saturated heterocycles. The highest BCUT2D eigenvalue weighted by molar-refractivity contribution is 9.10. The average Bonchev–Trinajstić information content (AvgIpc) is 2.88. The average molecular weight is 271 g/mol. The Labute approximate surface area is 95.8 Å². The Morgan fingerprint density at radius 1 is 1.53 bits per heavy atom. The quantitative estimate of drug-likeness (QED) is 0.892. The van der Waals surface area contributed by atoms with Crippen molar-refractivity contribution in [1.82, 2.24) is 9.88 Å². The Balaban J connectivity index is 2.25. The predicted octanol–water partition coefficient (Wildman–Crippen LogP) is 1.86. The molecular formula is C10H11BrN2O2. The molecule has 2 rings (SSSR count). The van der Waals surface area contributed by atoms with Gasteiger partial charge < -0.3 is 4.57 Å².